The van der Waals surface area contributed by atoms with Gasteiger partial charge >= 0.3 is 0 Å². The van der Waals surface area contributed by atoms with Crippen molar-refractivity contribution in [2.75, 3.05) is 18.4 Å². The molecule has 1 atom stereocenters. The monoisotopic (exact) mass is 402 g/mol. The summed E-state index contributed by atoms with van der Waals surface area (Å²) < 4.78 is 0. The van der Waals surface area contributed by atoms with Crippen molar-refractivity contribution in [2.24, 2.45) is 5.92 Å². The largest absolute Gasteiger partial charge is 0.325 e. The molecule has 148 valence electrons. The van der Waals surface area contributed by atoms with Crippen LogP contribution in [0.2, 0.25) is 0 Å². The van der Waals surface area contributed by atoms with Gasteiger partial charge < -0.3 is 5.32 Å². The third kappa shape index (κ3) is 5.49. The van der Waals surface area contributed by atoms with Crippen molar-refractivity contribution in [1.29, 1.82) is 0 Å². The quantitative estimate of drug-likeness (QED) is 0.575. The van der Waals surface area contributed by atoms with Crippen LogP contribution >= 0.6 is 11.8 Å². The van der Waals surface area contributed by atoms with Gasteiger partial charge in [-0.25, -0.2) is 0 Å². The van der Waals surface area contributed by atoms with E-state index in [4.69, 9.17) is 0 Å². The first-order chi connectivity index (χ1) is 14.3. The Morgan fingerprint density at radius 2 is 1.62 bits per heavy atom. The molecule has 1 saturated heterocycles. The molecule has 0 unspecified atom stereocenters. The summed E-state index contributed by atoms with van der Waals surface area (Å²) in [6.45, 7) is 2.78. The fraction of sp³-hybridized carbons (Fsp3) is 0.240. The number of para-hydroxylation sites is 1. The first-order valence-corrected chi connectivity index (χ1v) is 11.0. The van der Waals surface area contributed by atoms with Crippen LogP contribution in [0, 0.1) is 5.92 Å². The zero-order valence-electron chi connectivity index (χ0n) is 16.5. The van der Waals surface area contributed by atoms with Gasteiger partial charge in [-0.3, -0.25) is 9.69 Å². The number of benzene rings is 3. The lowest BCUT2D eigenvalue weighted by Gasteiger charge is -2.32. The van der Waals surface area contributed by atoms with Gasteiger partial charge in [-0.05, 0) is 49.2 Å². The van der Waals surface area contributed by atoms with Crippen molar-refractivity contribution >= 4 is 23.4 Å². The highest BCUT2D eigenvalue weighted by Gasteiger charge is 2.26. The SMILES string of the molecule is O=C(Nc1ccccc1Sc1ccccc1)[C@@H]1CCCN(Cc2ccccc2)C1. The molecule has 4 heteroatoms. The fourth-order valence-corrected chi connectivity index (χ4v) is 4.69. The minimum atomic E-state index is 0.0299. The molecule has 0 spiro atoms. The number of piperidine rings is 1. The highest BCUT2D eigenvalue weighted by molar-refractivity contribution is 7.99. The Morgan fingerprint density at radius 3 is 2.41 bits per heavy atom. The van der Waals surface area contributed by atoms with Gasteiger partial charge in [0.05, 0.1) is 11.6 Å². The number of anilines is 1. The highest BCUT2D eigenvalue weighted by Crippen LogP contribution is 2.33. The Labute approximate surface area is 177 Å². The lowest BCUT2D eigenvalue weighted by Crippen LogP contribution is -2.40. The number of nitrogens with zero attached hydrogens (tertiary/aromatic N) is 1. The average Bonchev–Trinajstić information content (AvgIpc) is 2.77. The smallest absolute Gasteiger partial charge is 0.228 e. The molecular formula is C25H26N2OS. The van der Waals surface area contributed by atoms with Gasteiger partial charge in [-0.15, -0.1) is 0 Å². The van der Waals surface area contributed by atoms with Crippen molar-refractivity contribution in [2.45, 2.75) is 29.2 Å². The van der Waals surface area contributed by atoms with Gasteiger partial charge in [0.2, 0.25) is 5.91 Å². The topological polar surface area (TPSA) is 32.3 Å². The van der Waals surface area contributed by atoms with E-state index in [1.165, 1.54) is 10.5 Å². The molecule has 1 fully saturated rings. The number of hydrogen-bond donors (Lipinski definition) is 1. The van der Waals surface area contributed by atoms with Crippen LogP contribution in [0.4, 0.5) is 5.69 Å². The molecular weight excluding hydrogens is 376 g/mol. The Bertz CT molecular complexity index is 930. The molecule has 3 aromatic rings. The summed E-state index contributed by atoms with van der Waals surface area (Å²) in [6, 6.07) is 28.8. The zero-order chi connectivity index (χ0) is 19.9. The maximum absolute atomic E-state index is 13.0. The Hall–Kier alpha value is -2.56. The second kappa shape index (κ2) is 9.77. The molecule has 1 amide bonds. The summed E-state index contributed by atoms with van der Waals surface area (Å²) in [6.07, 6.45) is 2.01. The van der Waals surface area contributed by atoms with Crippen molar-refractivity contribution in [3.63, 3.8) is 0 Å². The summed E-state index contributed by atoms with van der Waals surface area (Å²) >= 11 is 1.68. The molecule has 3 aromatic carbocycles. The number of hydrogen-bond acceptors (Lipinski definition) is 3. The molecule has 1 aliphatic rings. The van der Waals surface area contributed by atoms with E-state index in [-0.39, 0.29) is 11.8 Å². The Kier molecular flexibility index (Phi) is 6.65. The molecule has 0 saturated carbocycles. The van der Waals surface area contributed by atoms with Crippen molar-refractivity contribution in [3.05, 3.63) is 90.5 Å². The summed E-state index contributed by atoms with van der Waals surface area (Å²) in [7, 11) is 0. The van der Waals surface area contributed by atoms with Gasteiger partial charge in [0, 0.05) is 22.9 Å². The second-order valence-electron chi connectivity index (χ2n) is 7.46. The predicted molar refractivity (Wildman–Crippen MR) is 120 cm³/mol. The lowest BCUT2D eigenvalue weighted by molar-refractivity contribution is -0.121. The number of rotatable bonds is 6. The first kappa shape index (κ1) is 19.7. The van der Waals surface area contributed by atoms with Crippen molar-refractivity contribution in [1.82, 2.24) is 4.90 Å². The highest BCUT2D eigenvalue weighted by atomic mass is 32.2. The number of amides is 1. The van der Waals surface area contributed by atoms with E-state index in [0.717, 1.165) is 43.1 Å². The average molecular weight is 403 g/mol. The van der Waals surface area contributed by atoms with E-state index >= 15 is 0 Å². The van der Waals surface area contributed by atoms with Crippen LogP contribution in [0.15, 0.2) is 94.7 Å². The summed E-state index contributed by atoms with van der Waals surface area (Å²) in [5.41, 5.74) is 2.20. The van der Waals surface area contributed by atoms with E-state index < -0.39 is 0 Å². The Balaban J connectivity index is 1.40. The molecule has 4 rings (SSSR count). The number of likely N-dealkylation sites (tertiary alicyclic amines) is 1. The number of carbonyl (C=O) groups is 1. The van der Waals surface area contributed by atoms with Gasteiger partial charge in [0.1, 0.15) is 0 Å². The third-order valence-corrected chi connectivity index (χ3v) is 6.33. The van der Waals surface area contributed by atoms with Gasteiger partial charge in [-0.1, -0.05) is 72.4 Å². The maximum atomic E-state index is 13.0. The first-order valence-electron chi connectivity index (χ1n) is 10.2. The fourth-order valence-electron chi connectivity index (χ4n) is 3.76. The van der Waals surface area contributed by atoms with Crippen molar-refractivity contribution < 1.29 is 4.79 Å². The molecule has 3 nitrogen and oxygen atoms in total. The van der Waals surface area contributed by atoms with Gasteiger partial charge in [-0.2, -0.15) is 0 Å². The van der Waals surface area contributed by atoms with E-state index in [2.05, 4.69) is 52.7 Å². The van der Waals surface area contributed by atoms with Crippen LogP contribution in [0.5, 0.6) is 0 Å². The van der Waals surface area contributed by atoms with E-state index in [1.807, 2.05) is 42.5 Å². The molecule has 0 radical (unpaired) electrons. The predicted octanol–water partition coefficient (Wildman–Crippen LogP) is 5.69. The van der Waals surface area contributed by atoms with E-state index in [1.54, 1.807) is 11.8 Å². The van der Waals surface area contributed by atoms with Gasteiger partial charge in [0.25, 0.3) is 0 Å². The van der Waals surface area contributed by atoms with E-state index in [9.17, 15) is 4.79 Å². The van der Waals surface area contributed by atoms with E-state index in [0.29, 0.717) is 0 Å². The van der Waals surface area contributed by atoms with Crippen LogP contribution in [0.1, 0.15) is 18.4 Å². The Morgan fingerprint density at radius 1 is 0.931 bits per heavy atom. The van der Waals surface area contributed by atoms with Crippen LogP contribution in [-0.4, -0.2) is 23.9 Å². The minimum absolute atomic E-state index is 0.0299. The molecule has 0 bridgehead atoms. The van der Waals surface area contributed by atoms with Crippen LogP contribution < -0.4 is 5.32 Å². The number of nitrogens with one attached hydrogen (secondary N) is 1. The molecule has 1 aliphatic heterocycles. The van der Waals surface area contributed by atoms with Gasteiger partial charge in [0.15, 0.2) is 0 Å². The summed E-state index contributed by atoms with van der Waals surface area (Å²) in [4.78, 5) is 17.7. The second-order valence-corrected chi connectivity index (χ2v) is 8.58. The standard InChI is InChI=1S/C25H26N2OS/c28-25(21-12-9-17-27(19-21)18-20-10-3-1-4-11-20)26-23-15-7-8-16-24(23)29-22-13-5-2-6-14-22/h1-8,10-11,13-16,21H,9,12,17-19H2,(H,26,28)/t21-/m1/s1. The zero-order valence-corrected chi connectivity index (χ0v) is 17.3. The molecule has 29 heavy (non-hydrogen) atoms. The lowest BCUT2D eigenvalue weighted by atomic mass is 9.96. The van der Waals surface area contributed by atoms with Crippen LogP contribution in [0.3, 0.4) is 0 Å². The minimum Gasteiger partial charge on any atom is -0.325 e. The molecule has 1 N–H and O–H groups in total. The molecule has 1 heterocycles. The van der Waals surface area contributed by atoms with Crippen molar-refractivity contribution in [3.8, 4) is 0 Å². The maximum Gasteiger partial charge on any atom is 0.228 e. The van der Waals surface area contributed by atoms with Crippen LogP contribution in [-0.2, 0) is 11.3 Å². The normalized spacial score (nSPS) is 17.0. The summed E-state index contributed by atoms with van der Waals surface area (Å²) in [5, 5.41) is 3.20. The number of carbonyl (C=O) groups excluding carboxylic acids is 1. The molecule has 0 aromatic heterocycles. The third-order valence-electron chi connectivity index (χ3n) is 5.24. The summed E-state index contributed by atoms with van der Waals surface area (Å²) in [5.74, 6) is 0.158. The molecule has 0 aliphatic carbocycles. The van der Waals surface area contributed by atoms with Crippen LogP contribution in [0.25, 0.3) is 0 Å².